The molecule has 0 N–H and O–H groups in total. The molecule has 9 heteroatoms. The number of allylic oxidation sites excluding steroid dienone is 2. The molecule has 0 unspecified atom stereocenters. The van der Waals surface area contributed by atoms with E-state index in [9.17, 15) is 23.7 Å². The van der Waals surface area contributed by atoms with Crippen molar-refractivity contribution in [1.29, 1.82) is 0 Å². The van der Waals surface area contributed by atoms with E-state index in [1.165, 1.54) is 47.7 Å². The third-order valence-electron chi connectivity index (χ3n) is 6.93. The van der Waals surface area contributed by atoms with Crippen LogP contribution in [0.25, 0.3) is 12.2 Å². The van der Waals surface area contributed by atoms with Crippen molar-refractivity contribution in [2.75, 3.05) is 0 Å². The van der Waals surface area contributed by atoms with Gasteiger partial charge < -0.3 is 0 Å². The molecular formula is C30H21F2N3O3S. The first-order chi connectivity index (χ1) is 18.9. The number of thiazole rings is 1. The Bertz CT molecular complexity index is 1840. The number of benzene rings is 3. The summed E-state index contributed by atoms with van der Waals surface area (Å²) < 4.78 is 29.4. The van der Waals surface area contributed by atoms with Gasteiger partial charge in [-0.25, -0.2) is 13.8 Å². The first kappa shape index (κ1) is 24.8. The van der Waals surface area contributed by atoms with E-state index >= 15 is 0 Å². The monoisotopic (exact) mass is 541 g/mol. The summed E-state index contributed by atoms with van der Waals surface area (Å²) in [5.41, 5.74) is 4.83. The van der Waals surface area contributed by atoms with Gasteiger partial charge in [-0.05, 0) is 95.6 Å². The number of nitro benzene ring substituents is 1. The molecule has 1 aromatic heterocycles. The third kappa shape index (κ3) is 4.77. The van der Waals surface area contributed by atoms with Crippen LogP contribution in [0.15, 0.2) is 99.4 Å². The molecule has 39 heavy (non-hydrogen) atoms. The van der Waals surface area contributed by atoms with E-state index in [0.29, 0.717) is 14.9 Å². The molecule has 6 nitrogen and oxygen atoms in total. The highest BCUT2D eigenvalue weighted by molar-refractivity contribution is 7.07. The molecule has 6 rings (SSSR count). The summed E-state index contributed by atoms with van der Waals surface area (Å²) in [4.78, 5) is 29.8. The lowest BCUT2D eigenvalue weighted by atomic mass is 9.84. The van der Waals surface area contributed by atoms with Crippen LogP contribution in [0.1, 0.15) is 42.0 Å². The average molecular weight is 542 g/mol. The lowest BCUT2D eigenvalue weighted by Gasteiger charge is -2.31. The van der Waals surface area contributed by atoms with Crippen molar-refractivity contribution >= 4 is 29.2 Å². The van der Waals surface area contributed by atoms with Gasteiger partial charge in [0.05, 0.1) is 21.2 Å². The summed E-state index contributed by atoms with van der Waals surface area (Å²) in [5.74, 6) is -0.669. The second-order valence-electron chi connectivity index (χ2n) is 9.43. The Morgan fingerprint density at radius 2 is 1.51 bits per heavy atom. The van der Waals surface area contributed by atoms with Crippen LogP contribution >= 0.6 is 11.3 Å². The molecule has 1 aliphatic carbocycles. The maximum atomic E-state index is 13.8. The Hall–Kier alpha value is -4.50. The van der Waals surface area contributed by atoms with Gasteiger partial charge in [0.2, 0.25) is 0 Å². The van der Waals surface area contributed by atoms with Crippen molar-refractivity contribution in [3.05, 3.63) is 148 Å². The highest BCUT2D eigenvalue weighted by atomic mass is 32.1. The molecule has 0 saturated heterocycles. The fourth-order valence-electron chi connectivity index (χ4n) is 5.11. The van der Waals surface area contributed by atoms with Crippen LogP contribution < -0.4 is 14.9 Å². The van der Waals surface area contributed by atoms with Gasteiger partial charge in [0.15, 0.2) is 4.80 Å². The number of fused-ring (bicyclic) bond motifs is 1. The minimum atomic E-state index is -0.470. The van der Waals surface area contributed by atoms with Crippen molar-refractivity contribution in [3.8, 4) is 0 Å². The summed E-state index contributed by atoms with van der Waals surface area (Å²) in [6.07, 6.45) is 6.07. The van der Waals surface area contributed by atoms with Crippen LogP contribution in [0.2, 0.25) is 0 Å². The van der Waals surface area contributed by atoms with E-state index in [1.807, 2.05) is 6.08 Å². The summed E-state index contributed by atoms with van der Waals surface area (Å²) in [7, 11) is 0. The summed E-state index contributed by atoms with van der Waals surface area (Å²) in [5, 5.41) is 11.0. The number of non-ortho nitro benzene ring substituents is 1. The third-order valence-corrected chi connectivity index (χ3v) is 7.91. The smallest absolute Gasteiger partial charge is 0.271 e. The Morgan fingerprint density at radius 1 is 0.897 bits per heavy atom. The highest BCUT2D eigenvalue weighted by Gasteiger charge is 2.32. The molecule has 2 heterocycles. The summed E-state index contributed by atoms with van der Waals surface area (Å²) in [6.45, 7) is 0. The molecule has 0 fully saturated rings. The van der Waals surface area contributed by atoms with Crippen molar-refractivity contribution < 1.29 is 13.7 Å². The fraction of sp³-hybridized carbons (Fsp3) is 0.133. The van der Waals surface area contributed by atoms with E-state index in [1.54, 1.807) is 47.0 Å². The van der Waals surface area contributed by atoms with Gasteiger partial charge in [-0.15, -0.1) is 0 Å². The molecule has 0 bridgehead atoms. The first-order valence-electron chi connectivity index (χ1n) is 12.4. The van der Waals surface area contributed by atoms with Gasteiger partial charge in [0, 0.05) is 12.1 Å². The minimum Gasteiger partial charge on any atom is -0.272 e. The van der Waals surface area contributed by atoms with Crippen molar-refractivity contribution in [2.24, 2.45) is 4.99 Å². The molecule has 0 saturated carbocycles. The van der Waals surface area contributed by atoms with Crippen molar-refractivity contribution in [1.82, 2.24) is 4.57 Å². The van der Waals surface area contributed by atoms with E-state index in [2.05, 4.69) is 0 Å². The maximum Gasteiger partial charge on any atom is 0.271 e. The molecule has 0 radical (unpaired) electrons. The van der Waals surface area contributed by atoms with E-state index in [4.69, 9.17) is 4.99 Å². The molecule has 0 amide bonds. The minimum absolute atomic E-state index is 0.0296. The highest BCUT2D eigenvalue weighted by Crippen LogP contribution is 2.41. The van der Waals surface area contributed by atoms with Gasteiger partial charge in [0.1, 0.15) is 11.6 Å². The Morgan fingerprint density at radius 3 is 2.18 bits per heavy atom. The largest absolute Gasteiger partial charge is 0.272 e. The van der Waals surface area contributed by atoms with Crippen LogP contribution in [0.5, 0.6) is 0 Å². The zero-order chi connectivity index (χ0) is 27.1. The average Bonchev–Trinajstić information content (AvgIpc) is 3.24. The standard InChI is InChI=1S/C30H21F2N3O3S/c31-22-10-4-18(5-11-22)16-21-2-1-3-25-27(21)33-30-34(28(25)20-8-12-23(32)13-9-20)29(36)26(39-30)17-19-6-14-24(15-7-19)35(37)38/h4-17,28H,1-3H2/b21-16-,26-17-/t28-/m1/s1. The zero-order valence-electron chi connectivity index (χ0n) is 20.5. The molecule has 3 aromatic carbocycles. The number of aromatic nitrogens is 1. The van der Waals surface area contributed by atoms with Crippen LogP contribution in [0.3, 0.4) is 0 Å². The molecule has 4 aromatic rings. The molecule has 1 aliphatic heterocycles. The first-order valence-corrected chi connectivity index (χ1v) is 13.2. The molecule has 194 valence electrons. The number of nitro groups is 1. The summed E-state index contributed by atoms with van der Waals surface area (Å²) >= 11 is 1.24. The second-order valence-corrected chi connectivity index (χ2v) is 10.4. The Labute approximate surface area is 225 Å². The molecule has 1 atom stereocenters. The van der Waals surface area contributed by atoms with Crippen LogP contribution in [0, 0.1) is 21.7 Å². The maximum absolute atomic E-state index is 13.8. The number of nitrogens with zero attached hydrogens (tertiary/aromatic N) is 3. The van der Waals surface area contributed by atoms with E-state index in [-0.39, 0.29) is 22.9 Å². The molecular weight excluding hydrogens is 520 g/mol. The van der Waals surface area contributed by atoms with Gasteiger partial charge in [-0.1, -0.05) is 35.6 Å². The lowest BCUT2D eigenvalue weighted by molar-refractivity contribution is -0.384. The predicted molar refractivity (Wildman–Crippen MR) is 146 cm³/mol. The fourth-order valence-corrected chi connectivity index (χ4v) is 6.11. The number of hydrogen-bond donors (Lipinski definition) is 0. The molecule has 2 aliphatic rings. The molecule has 0 spiro atoms. The number of hydrogen-bond acceptors (Lipinski definition) is 5. The quantitative estimate of drug-likeness (QED) is 0.247. The normalized spacial score (nSPS) is 18.1. The van der Waals surface area contributed by atoms with Gasteiger partial charge in [-0.2, -0.15) is 0 Å². The number of rotatable bonds is 4. The van der Waals surface area contributed by atoms with Crippen LogP contribution in [0.4, 0.5) is 14.5 Å². The van der Waals surface area contributed by atoms with E-state index in [0.717, 1.165) is 47.2 Å². The summed E-state index contributed by atoms with van der Waals surface area (Å²) in [6, 6.07) is 18.0. The van der Waals surface area contributed by atoms with Gasteiger partial charge in [0.25, 0.3) is 11.2 Å². The van der Waals surface area contributed by atoms with Gasteiger partial charge in [-0.3, -0.25) is 19.5 Å². The van der Waals surface area contributed by atoms with Gasteiger partial charge >= 0.3 is 0 Å². The van der Waals surface area contributed by atoms with Crippen molar-refractivity contribution in [3.63, 3.8) is 0 Å². The van der Waals surface area contributed by atoms with E-state index < -0.39 is 11.0 Å². The zero-order valence-corrected chi connectivity index (χ0v) is 21.3. The Balaban J connectivity index is 1.54. The topological polar surface area (TPSA) is 77.5 Å². The predicted octanol–water partition coefficient (Wildman–Crippen LogP) is 5.67. The second kappa shape index (κ2) is 9.99. The van der Waals surface area contributed by atoms with Crippen molar-refractivity contribution in [2.45, 2.75) is 25.3 Å². The lowest BCUT2D eigenvalue weighted by Crippen LogP contribution is -2.39. The Kier molecular flexibility index (Phi) is 6.36. The van der Waals surface area contributed by atoms with Crippen LogP contribution in [-0.2, 0) is 0 Å². The van der Waals surface area contributed by atoms with Crippen LogP contribution in [-0.4, -0.2) is 9.49 Å². The number of halogens is 2. The SMILES string of the molecule is O=c1/c(=C/c2ccc([N+](=O)[O-])cc2)sc2n1[C@H](c1ccc(F)cc1)C1=C(N=2)/C(=C\c2ccc(F)cc2)CCC1.